The second-order valence-electron chi connectivity index (χ2n) is 18.4. The first-order valence-corrected chi connectivity index (χ1v) is 24.5. The summed E-state index contributed by atoms with van der Waals surface area (Å²) in [5.41, 5.74) is 2.27. The van der Waals surface area contributed by atoms with Crippen LogP contribution in [0.2, 0.25) is 0 Å². The maximum absolute atomic E-state index is 13.5. The van der Waals surface area contributed by atoms with Crippen LogP contribution in [0.1, 0.15) is 124 Å². The fraction of sp³-hybridized carbons (Fsp3) is 0.414. The summed E-state index contributed by atoms with van der Waals surface area (Å²) >= 11 is 0. The van der Waals surface area contributed by atoms with E-state index in [1.165, 1.54) is 38.1 Å². The van der Waals surface area contributed by atoms with Crippen molar-refractivity contribution in [2.75, 3.05) is 0 Å². The molecule has 0 unspecified atom stereocenters. The number of aliphatic hydroxyl groups excluding tert-OH is 8. The summed E-state index contributed by atoms with van der Waals surface area (Å²) in [6.07, 6.45) is 21.8. The lowest BCUT2D eigenvalue weighted by molar-refractivity contribution is -0.00168. The van der Waals surface area contributed by atoms with Crippen LogP contribution >= 0.6 is 0 Å². The first kappa shape index (κ1) is 60.4. The van der Waals surface area contributed by atoms with Crippen LogP contribution in [-0.4, -0.2) is 124 Å². The molecule has 0 saturated heterocycles. The van der Waals surface area contributed by atoms with Crippen molar-refractivity contribution in [3.8, 4) is 11.5 Å². The summed E-state index contributed by atoms with van der Waals surface area (Å²) in [6, 6.07) is 9.14. The Kier molecular flexibility index (Phi) is 27.6. The average molecular weight is 997 g/mol. The molecule has 0 aromatic heterocycles. The van der Waals surface area contributed by atoms with Crippen molar-refractivity contribution in [3.63, 3.8) is 0 Å². The van der Waals surface area contributed by atoms with E-state index < -0.39 is 73.0 Å². The molecule has 0 bridgehead atoms. The Balaban J connectivity index is 1.82. The Hall–Kier alpha value is -5.94. The highest BCUT2D eigenvalue weighted by Crippen LogP contribution is 2.27. The van der Waals surface area contributed by atoms with E-state index >= 15 is 0 Å². The van der Waals surface area contributed by atoms with Crippen LogP contribution in [0.3, 0.4) is 0 Å². The number of esters is 2. The molecule has 0 saturated carbocycles. The van der Waals surface area contributed by atoms with Gasteiger partial charge in [-0.05, 0) is 76.6 Å². The van der Waals surface area contributed by atoms with Gasteiger partial charge in [-0.25, -0.2) is 9.59 Å². The van der Waals surface area contributed by atoms with Gasteiger partial charge in [0.2, 0.25) is 0 Å². The van der Waals surface area contributed by atoms with Crippen LogP contribution in [0.4, 0.5) is 0 Å². The lowest BCUT2D eigenvalue weighted by Gasteiger charge is -2.22. The van der Waals surface area contributed by atoms with Crippen LogP contribution in [0.5, 0.6) is 11.5 Å². The first-order chi connectivity index (χ1) is 34.3. The third-order valence-electron chi connectivity index (χ3n) is 11.3. The molecule has 2 aromatic rings. The van der Waals surface area contributed by atoms with Crippen LogP contribution in [0.25, 0.3) is 12.2 Å². The number of phenolic OH excluding ortho intramolecular Hbond substituents is 2. The van der Waals surface area contributed by atoms with Crippen molar-refractivity contribution in [1.82, 2.24) is 0 Å². The van der Waals surface area contributed by atoms with Gasteiger partial charge in [-0.15, -0.1) is 0 Å². The largest absolute Gasteiger partial charge is 0.507 e. The number of benzene rings is 2. The number of hydrogen-bond acceptors (Lipinski definition) is 14. The van der Waals surface area contributed by atoms with Gasteiger partial charge in [0.1, 0.15) is 34.8 Å². The van der Waals surface area contributed by atoms with Gasteiger partial charge in [0.25, 0.3) is 0 Å². The lowest BCUT2D eigenvalue weighted by Crippen LogP contribution is -2.27. The van der Waals surface area contributed by atoms with Gasteiger partial charge in [-0.3, -0.25) is 0 Å². The zero-order valence-corrected chi connectivity index (χ0v) is 41.8. The van der Waals surface area contributed by atoms with Gasteiger partial charge in [0.05, 0.1) is 48.8 Å². The fourth-order valence-corrected chi connectivity index (χ4v) is 7.89. The fourth-order valence-electron chi connectivity index (χ4n) is 7.89. The molecule has 10 atom stereocenters. The number of hydrogen-bond donors (Lipinski definition) is 10. The van der Waals surface area contributed by atoms with E-state index in [9.17, 15) is 60.7 Å². The normalized spacial score (nSPS) is 30.7. The number of aliphatic hydroxyl groups is 8. The van der Waals surface area contributed by atoms with Gasteiger partial charge in [-0.1, -0.05) is 145 Å². The molecular weight excluding hydrogens is 921 g/mol. The van der Waals surface area contributed by atoms with Crippen molar-refractivity contribution in [3.05, 3.63) is 167 Å². The molecule has 0 amide bonds. The van der Waals surface area contributed by atoms with Crippen LogP contribution in [-0.2, 0) is 9.47 Å². The SMILES string of the molecule is C\C1=C/C=C/C=C/C=C\c2cccc(O)c2C(=O)O[C@@H](C[C@@H](C)O)C[C@@H](O)C/C=C/[C@@H](O)C[C@@H](O)C/C(C)=C/C=C/C=C/C=C/c2cccc(O)c2C(=O)O[C@@H](C[C@@H](C)O)C[C@H](O)C/C=C/[C@@H](O)C[C@@H](O)C1. The van der Waals surface area contributed by atoms with Gasteiger partial charge in [0.15, 0.2) is 0 Å². The first-order valence-electron chi connectivity index (χ1n) is 24.5. The molecule has 0 aliphatic carbocycles. The number of fused-ring (bicyclic) bond motifs is 2. The molecule has 72 heavy (non-hydrogen) atoms. The number of cyclic esters (lactones) is 2. The second-order valence-corrected chi connectivity index (χ2v) is 18.4. The molecule has 392 valence electrons. The maximum Gasteiger partial charge on any atom is 0.342 e. The van der Waals surface area contributed by atoms with Crippen LogP contribution in [0.15, 0.2) is 145 Å². The molecule has 0 radical (unpaired) electrons. The number of allylic oxidation sites excluding steroid dienone is 12. The average Bonchev–Trinajstić information content (AvgIpc) is 3.27. The minimum atomic E-state index is -1.01. The van der Waals surface area contributed by atoms with E-state index in [0.29, 0.717) is 11.1 Å². The molecule has 3 rings (SSSR count). The van der Waals surface area contributed by atoms with Gasteiger partial charge >= 0.3 is 11.9 Å². The number of aromatic hydroxyl groups is 2. The van der Waals surface area contributed by atoms with Gasteiger partial charge < -0.3 is 60.5 Å². The lowest BCUT2D eigenvalue weighted by atomic mass is 10.0. The predicted octanol–water partition coefficient (Wildman–Crippen LogP) is 7.95. The second kappa shape index (κ2) is 32.9. The summed E-state index contributed by atoms with van der Waals surface area (Å²) < 4.78 is 11.5. The number of rotatable bonds is 4. The zero-order valence-electron chi connectivity index (χ0n) is 41.8. The third-order valence-corrected chi connectivity index (χ3v) is 11.3. The summed E-state index contributed by atoms with van der Waals surface area (Å²) in [5.74, 6) is -2.29. The Morgan fingerprint density at radius 3 is 1.25 bits per heavy atom. The van der Waals surface area contributed by atoms with Gasteiger partial charge in [-0.2, -0.15) is 0 Å². The van der Waals surface area contributed by atoms with Gasteiger partial charge in [0, 0.05) is 38.5 Å². The Labute approximate surface area is 424 Å². The van der Waals surface area contributed by atoms with Crippen molar-refractivity contribution in [2.24, 2.45) is 0 Å². The smallest absolute Gasteiger partial charge is 0.342 e. The standard InChI is InChI=1S/C58H76O14/c1-39-19-11-7-5-9-13-21-43-23-15-29-53(67)55(43)57(69)72-52(34-42(4)60)38-48(64)28-18-26-46(62)36-50(66)32-40(2)20-12-8-6-10-14-22-44-24-16-30-54(68)56(44)58(70)71-51(33-41(3)59)37-47(63)27-17-25-45(61)35-49(65)31-39/h5-26,29-30,41-42,45-52,59-68H,27-28,31-38H2,1-4H3/b9-5+,10-6+,11-7+,12-8+,21-13-,22-14+,25-17+,26-18+,39-19+,40-20+/t41-,42-,45-,46-,47-,48+,49+,50+,51+,52+/m1/s1. The third kappa shape index (κ3) is 24.5. The van der Waals surface area contributed by atoms with E-state index in [1.54, 1.807) is 109 Å². The van der Waals surface area contributed by atoms with Crippen molar-refractivity contribution in [2.45, 2.75) is 153 Å². The van der Waals surface area contributed by atoms with E-state index in [2.05, 4.69) is 0 Å². The summed E-state index contributed by atoms with van der Waals surface area (Å²) in [5, 5.41) is 106. The number of ether oxygens (including phenoxy) is 2. The van der Waals surface area contributed by atoms with Crippen LogP contribution in [0, 0.1) is 0 Å². The maximum atomic E-state index is 13.5. The number of phenols is 2. The van der Waals surface area contributed by atoms with E-state index in [-0.39, 0.29) is 86.8 Å². The van der Waals surface area contributed by atoms with E-state index in [1.807, 2.05) is 26.0 Å². The minimum absolute atomic E-state index is 0.0244. The Morgan fingerprint density at radius 2 is 0.875 bits per heavy atom. The van der Waals surface area contributed by atoms with E-state index in [0.717, 1.165) is 11.1 Å². The van der Waals surface area contributed by atoms with E-state index in [4.69, 9.17) is 9.47 Å². The number of carbonyl (C=O) groups excluding carboxylic acids is 2. The summed E-state index contributed by atoms with van der Waals surface area (Å²) in [4.78, 5) is 26.9. The van der Waals surface area contributed by atoms with Crippen molar-refractivity contribution < 1.29 is 70.1 Å². The molecule has 14 heteroatoms. The molecule has 2 aromatic carbocycles. The molecule has 10 N–H and O–H groups in total. The Bertz CT molecular complexity index is 2130. The zero-order chi connectivity index (χ0) is 53.0. The molecule has 0 spiro atoms. The summed E-state index contributed by atoms with van der Waals surface area (Å²) in [7, 11) is 0. The minimum Gasteiger partial charge on any atom is -0.507 e. The highest BCUT2D eigenvalue weighted by Gasteiger charge is 2.26. The van der Waals surface area contributed by atoms with Crippen molar-refractivity contribution >= 4 is 24.1 Å². The molecule has 0 fully saturated rings. The number of carbonyl (C=O) groups is 2. The molecular formula is C58H76O14. The molecule has 1 aliphatic rings. The molecule has 14 nitrogen and oxygen atoms in total. The highest BCUT2D eigenvalue weighted by atomic mass is 16.5. The van der Waals surface area contributed by atoms with Crippen LogP contribution < -0.4 is 0 Å². The van der Waals surface area contributed by atoms with Crippen molar-refractivity contribution in [1.29, 1.82) is 0 Å². The summed E-state index contributed by atoms with van der Waals surface area (Å²) in [6.45, 7) is 6.75. The molecule has 1 heterocycles. The topological polar surface area (TPSA) is 255 Å². The molecule has 1 aliphatic heterocycles. The monoisotopic (exact) mass is 997 g/mol. The Morgan fingerprint density at radius 1 is 0.514 bits per heavy atom. The quantitative estimate of drug-likeness (QED) is 0.103. The highest BCUT2D eigenvalue weighted by molar-refractivity contribution is 5.97. The predicted molar refractivity (Wildman–Crippen MR) is 281 cm³/mol.